The molecule has 0 amide bonds. The van der Waals surface area contributed by atoms with Crippen LogP contribution in [0.2, 0.25) is 0 Å². The van der Waals surface area contributed by atoms with Crippen molar-refractivity contribution in [3.63, 3.8) is 0 Å². The summed E-state index contributed by atoms with van der Waals surface area (Å²) in [6.45, 7) is 4.53. The summed E-state index contributed by atoms with van der Waals surface area (Å²) in [7, 11) is 0. The lowest BCUT2D eigenvalue weighted by Crippen LogP contribution is -2.14. The Morgan fingerprint density at radius 3 is 1.92 bits per heavy atom. The Balaban J connectivity index is 1.20. The van der Waals surface area contributed by atoms with Crippen LogP contribution in [0.15, 0.2) is 164 Å². The fourth-order valence-electron chi connectivity index (χ4n) is 7.67. The van der Waals surface area contributed by atoms with Crippen molar-refractivity contribution < 1.29 is 6.85 Å². The molecular weight excluding hydrogens is 651 g/mol. The number of thiophene rings is 1. The van der Waals surface area contributed by atoms with Gasteiger partial charge in [-0.1, -0.05) is 159 Å². The van der Waals surface area contributed by atoms with Crippen LogP contribution < -0.4 is 0 Å². The topological polar surface area (TPSA) is 38.7 Å². The van der Waals surface area contributed by atoms with Gasteiger partial charge in [0, 0.05) is 47.8 Å². The van der Waals surface area contributed by atoms with Gasteiger partial charge in [0.25, 0.3) is 0 Å². The predicted octanol–water partition coefficient (Wildman–Crippen LogP) is 12.9. The summed E-state index contributed by atoms with van der Waals surface area (Å²) in [5, 5.41) is 1.93. The molecule has 0 saturated carbocycles. The average Bonchev–Trinajstić information content (AvgIpc) is 3.74. The third-order valence-corrected chi connectivity index (χ3v) is 11.4. The van der Waals surface area contributed by atoms with E-state index in [9.17, 15) is 0 Å². The molecule has 0 atom stereocenters. The third kappa shape index (κ3) is 4.90. The van der Waals surface area contributed by atoms with Crippen molar-refractivity contribution in [2.45, 2.75) is 19.3 Å². The number of fused-ring (bicyclic) bond motifs is 6. The lowest BCUT2D eigenvalue weighted by Gasteiger charge is -2.21. The molecule has 0 saturated heterocycles. The van der Waals surface area contributed by atoms with Crippen molar-refractivity contribution in [3.05, 3.63) is 175 Å². The maximum absolute atomic E-state index is 8.90. The Bertz CT molecular complexity index is 3080. The molecule has 246 valence electrons. The fraction of sp³-hybridized carbons (Fsp3) is 0.0625. The van der Waals surface area contributed by atoms with E-state index in [2.05, 4.69) is 74.5 Å². The standard InChI is InChI=1S/C48H33N3S/c1-48(2)40-23-13-12-21-36(40)43-37(22-14-24-41(43)48)47-50-45(32-19-10-5-11-20-32)49-46(51-47)33-25-26-35-39-28-34(30-15-6-3-7-16-30)27-38(31-17-8-4-9-18-31)44(39)52-42(35)29-33/h3-29H,1-2H3/i4D,8D,9D,17D,18D. The first-order valence-electron chi connectivity index (χ1n) is 19.8. The molecule has 1 aliphatic rings. The molecular formula is C48H33N3S. The van der Waals surface area contributed by atoms with Crippen LogP contribution in [0.1, 0.15) is 31.8 Å². The molecule has 1 aliphatic carbocycles. The van der Waals surface area contributed by atoms with Crippen LogP contribution in [-0.4, -0.2) is 15.0 Å². The minimum Gasteiger partial charge on any atom is -0.208 e. The molecule has 52 heavy (non-hydrogen) atoms. The molecule has 0 N–H and O–H groups in total. The largest absolute Gasteiger partial charge is 0.208 e. The Morgan fingerprint density at radius 2 is 1.13 bits per heavy atom. The van der Waals surface area contributed by atoms with Crippen molar-refractivity contribution in [1.82, 2.24) is 15.0 Å². The molecule has 4 heteroatoms. The van der Waals surface area contributed by atoms with E-state index >= 15 is 0 Å². The van der Waals surface area contributed by atoms with Crippen LogP contribution >= 0.6 is 11.3 Å². The van der Waals surface area contributed by atoms with Crippen LogP contribution in [0.25, 0.3) is 87.7 Å². The van der Waals surface area contributed by atoms with Gasteiger partial charge in [-0.25, -0.2) is 15.0 Å². The highest BCUT2D eigenvalue weighted by Crippen LogP contribution is 2.52. The van der Waals surface area contributed by atoms with Gasteiger partial charge in [0.1, 0.15) is 0 Å². The van der Waals surface area contributed by atoms with Crippen LogP contribution in [0.4, 0.5) is 0 Å². The molecule has 7 aromatic carbocycles. The Kier molecular flexibility index (Phi) is 5.89. The van der Waals surface area contributed by atoms with E-state index in [1.807, 2.05) is 72.8 Å². The summed E-state index contributed by atoms with van der Waals surface area (Å²) in [6.07, 6.45) is 0. The molecule has 3 nitrogen and oxygen atoms in total. The van der Waals surface area contributed by atoms with Gasteiger partial charge in [0.05, 0.1) is 6.85 Å². The summed E-state index contributed by atoms with van der Waals surface area (Å²) in [5.74, 6) is 1.71. The second-order valence-corrected chi connectivity index (χ2v) is 14.7. The normalized spacial score (nSPS) is 14.3. The van der Waals surface area contributed by atoms with Crippen molar-refractivity contribution in [1.29, 1.82) is 0 Å². The van der Waals surface area contributed by atoms with Crippen LogP contribution in [0.3, 0.4) is 0 Å². The highest BCUT2D eigenvalue weighted by atomic mass is 32.1. The molecule has 0 spiro atoms. The minimum atomic E-state index is -0.412. The smallest absolute Gasteiger partial charge is 0.164 e. The lowest BCUT2D eigenvalue weighted by molar-refractivity contribution is 0.660. The van der Waals surface area contributed by atoms with Gasteiger partial charge in [0.15, 0.2) is 17.5 Å². The van der Waals surface area contributed by atoms with Crippen molar-refractivity contribution in [2.24, 2.45) is 0 Å². The number of nitrogens with zero attached hydrogens (tertiary/aromatic N) is 3. The lowest BCUT2D eigenvalue weighted by atomic mass is 9.82. The predicted molar refractivity (Wildman–Crippen MR) is 217 cm³/mol. The molecule has 0 aliphatic heterocycles. The van der Waals surface area contributed by atoms with E-state index in [1.54, 1.807) is 0 Å². The zero-order valence-electron chi connectivity index (χ0n) is 33.5. The number of aromatic nitrogens is 3. The number of hydrogen-bond donors (Lipinski definition) is 0. The van der Waals surface area contributed by atoms with E-state index in [1.165, 1.54) is 28.0 Å². The number of rotatable bonds is 5. The highest BCUT2D eigenvalue weighted by molar-refractivity contribution is 7.26. The van der Waals surface area contributed by atoms with Gasteiger partial charge in [-0.15, -0.1) is 11.3 Å². The Hall–Kier alpha value is -6.23. The van der Waals surface area contributed by atoms with E-state index < -0.39 is 6.04 Å². The van der Waals surface area contributed by atoms with Crippen LogP contribution in [-0.2, 0) is 5.41 Å². The maximum atomic E-state index is 8.90. The molecule has 2 heterocycles. The van der Waals surface area contributed by atoms with Gasteiger partial charge in [-0.05, 0) is 57.1 Å². The molecule has 2 aromatic heterocycles. The van der Waals surface area contributed by atoms with E-state index in [4.69, 9.17) is 21.8 Å². The monoisotopic (exact) mass is 688 g/mol. The van der Waals surface area contributed by atoms with E-state index in [-0.39, 0.29) is 35.1 Å². The summed E-state index contributed by atoms with van der Waals surface area (Å²) in [4.78, 5) is 15.4. The average molecular weight is 689 g/mol. The second-order valence-electron chi connectivity index (χ2n) is 13.7. The zero-order valence-corrected chi connectivity index (χ0v) is 29.3. The zero-order chi connectivity index (χ0) is 39.2. The number of hydrogen-bond acceptors (Lipinski definition) is 4. The van der Waals surface area contributed by atoms with Gasteiger partial charge < -0.3 is 0 Å². The third-order valence-electron chi connectivity index (χ3n) is 10.2. The van der Waals surface area contributed by atoms with Gasteiger partial charge in [-0.2, -0.15) is 0 Å². The molecule has 0 bridgehead atoms. The highest BCUT2D eigenvalue weighted by Gasteiger charge is 2.37. The fourth-order valence-corrected chi connectivity index (χ4v) is 8.91. The molecule has 10 rings (SSSR count). The van der Waals surface area contributed by atoms with Gasteiger partial charge >= 0.3 is 0 Å². The summed E-state index contributed by atoms with van der Waals surface area (Å²) >= 11 is 1.53. The molecule has 0 fully saturated rings. The van der Waals surface area contributed by atoms with Crippen molar-refractivity contribution >= 4 is 31.5 Å². The quantitative estimate of drug-likeness (QED) is 0.181. The Morgan fingerprint density at radius 1 is 0.481 bits per heavy atom. The van der Waals surface area contributed by atoms with Gasteiger partial charge in [0.2, 0.25) is 0 Å². The van der Waals surface area contributed by atoms with Crippen LogP contribution in [0, 0.1) is 0 Å². The first-order valence-corrected chi connectivity index (χ1v) is 18.1. The maximum Gasteiger partial charge on any atom is 0.164 e. The second kappa shape index (κ2) is 11.9. The van der Waals surface area contributed by atoms with Crippen molar-refractivity contribution in [2.75, 3.05) is 0 Å². The number of benzene rings is 7. The minimum absolute atomic E-state index is 0.180. The first kappa shape index (κ1) is 25.7. The molecule has 9 aromatic rings. The van der Waals surface area contributed by atoms with Crippen molar-refractivity contribution in [3.8, 4) is 67.5 Å². The molecule has 0 radical (unpaired) electrons. The summed E-state index contributed by atoms with van der Waals surface area (Å²) in [5.41, 5.74) is 9.96. The van der Waals surface area contributed by atoms with E-state index in [0.717, 1.165) is 53.6 Å². The first-order chi connectivity index (χ1) is 27.6. The van der Waals surface area contributed by atoms with Gasteiger partial charge in [-0.3, -0.25) is 0 Å². The van der Waals surface area contributed by atoms with Crippen LogP contribution in [0.5, 0.6) is 0 Å². The summed E-state index contributed by atoms with van der Waals surface area (Å²) in [6, 6.07) is 43.6. The summed E-state index contributed by atoms with van der Waals surface area (Å²) < 4.78 is 44.8. The van der Waals surface area contributed by atoms with E-state index in [0.29, 0.717) is 23.0 Å². The Labute approximate surface area is 314 Å². The SMILES string of the molecule is [2H]c1c([2H])c([2H])c(-c2cc(-c3ccccc3)cc3c2sc2cc(-c4nc(-c5ccccc5)nc(-c5cccc6c5-c5ccccc5C6(C)C)n4)ccc23)c([2H])c1[2H]. The molecule has 0 unspecified atom stereocenters.